The second kappa shape index (κ2) is 4.78. The quantitative estimate of drug-likeness (QED) is 0.856. The van der Waals surface area contributed by atoms with Gasteiger partial charge in [0.15, 0.2) is 0 Å². The van der Waals surface area contributed by atoms with Crippen molar-refractivity contribution in [2.75, 3.05) is 13.7 Å². The van der Waals surface area contributed by atoms with Crippen LogP contribution < -0.4 is 10.1 Å². The first-order chi connectivity index (χ1) is 7.74. The van der Waals surface area contributed by atoms with Gasteiger partial charge in [0.25, 0.3) is 6.43 Å². The first kappa shape index (κ1) is 11.3. The molecule has 1 aromatic rings. The molecule has 2 rings (SSSR count). The van der Waals surface area contributed by atoms with Gasteiger partial charge in [-0.3, -0.25) is 0 Å². The van der Waals surface area contributed by atoms with E-state index >= 15 is 0 Å². The van der Waals surface area contributed by atoms with E-state index in [0.717, 1.165) is 24.9 Å². The van der Waals surface area contributed by atoms with Crippen LogP contribution in [0.2, 0.25) is 0 Å². The van der Waals surface area contributed by atoms with Crippen LogP contribution in [0, 0.1) is 0 Å². The number of hydrogen-bond acceptors (Lipinski definition) is 2. The van der Waals surface area contributed by atoms with Gasteiger partial charge in [0.05, 0.1) is 12.7 Å². The molecule has 1 heterocycles. The predicted molar refractivity (Wildman–Crippen MR) is 57.9 cm³/mol. The molecule has 1 aliphatic rings. The van der Waals surface area contributed by atoms with E-state index in [1.807, 2.05) is 6.07 Å². The molecule has 0 aliphatic carbocycles. The molecule has 0 bridgehead atoms. The van der Waals surface area contributed by atoms with Gasteiger partial charge >= 0.3 is 0 Å². The number of methoxy groups -OCH3 is 1. The average Bonchev–Trinajstić information content (AvgIpc) is 2.81. The fourth-order valence-corrected chi connectivity index (χ4v) is 2.21. The van der Waals surface area contributed by atoms with Crippen LogP contribution in [0.4, 0.5) is 8.78 Å². The van der Waals surface area contributed by atoms with E-state index in [2.05, 4.69) is 5.32 Å². The summed E-state index contributed by atoms with van der Waals surface area (Å²) in [7, 11) is 1.44. The van der Waals surface area contributed by atoms with Gasteiger partial charge in [0, 0.05) is 11.6 Å². The molecular weight excluding hydrogens is 212 g/mol. The summed E-state index contributed by atoms with van der Waals surface area (Å²) < 4.78 is 30.7. The third kappa shape index (κ3) is 2.02. The summed E-state index contributed by atoms with van der Waals surface area (Å²) in [5.41, 5.74) is 0.825. The Morgan fingerprint density at radius 2 is 2.25 bits per heavy atom. The Labute approximate surface area is 93.6 Å². The summed E-state index contributed by atoms with van der Waals surface area (Å²) in [5, 5.41) is 3.29. The highest BCUT2D eigenvalue weighted by Crippen LogP contribution is 2.37. The Bertz CT molecular complexity index is 362. The number of ether oxygens (including phenoxy) is 1. The van der Waals surface area contributed by atoms with E-state index in [4.69, 9.17) is 4.74 Å². The zero-order valence-electron chi connectivity index (χ0n) is 9.17. The average molecular weight is 227 g/mol. The molecule has 1 aliphatic heterocycles. The van der Waals surface area contributed by atoms with Crippen LogP contribution >= 0.6 is 0 Å². The van der Waals surface area contributed by atoms with Crippen LogP contribution in [0.15, 0.2) is 18.2 Å². The maximum Gasteiger partial charge on any atom is 0.267 e. The van der Waals surface area contributed by atoms with Gasteiger partial charge in [0.1, 0.15) is 5.75 Å². The predicted octanol–water partition coefficient (Wildman–Crippen LogP) is 3.06. The molecule has 1 atom stereocenters. The molecule has 1 fully saturated rings. The Balaban J connectivity index is 2.39. The first-order valence-corrected chi connectivity index (χ1v) is 5.42. The highest BCUT2D eigenvalue weighted by atomic mass is 19.3. The Kier molecular flexibility index (Phi) is 3.39. The molecule has 1 aromatic carbocycles. The van der Waals surface area contributed by atoms with Crippen molar-refractivity contribution in [3.63, 3.8) is 0 Å². The van der Waals surface area contributed by atoms with Crippen molar-refractivity contribution in [2.24, 2.45) is 0 Å². The molecule has 0 radical (unpaired) electrons. The van der Waals surface area contributed by atoms with Crippen LogP contribution in [0.5, 0.6) is 5.75 Å². The highest BCUT2D eigenvalue weighted by Gasteiger charge is 2.23. The van der Waals surface area contributed by atoms with Gasteiger partial charge in [0.2, 0.25) is 0 Å². The number of alkyl halides is 2. The topological polar surface area (TPSA) is 21.3 Å². The minimum absolute atomic E-state index is 0.0197. The van der Waals surface area contributed by atoms with Crippen LogP contribution in [0.1, 0.15) is 36.4 Å². The molecule has 4 heteroatoms. The second-order valence-corrected chi connectivity index (χ2v) is 3.92. The Hall–Kier alpha value is -1.16. The molecule has 0 spiro atoms. The van der Waals surface area contributed by atoms with Crippen molar-refractivity contribution in [3.05, 3.63) is 29.3 Å². The van der Waals surface area contributed by atoms with Crippen LogP contribution in [-0.2, 0) is 0 Å². The van der Waals surface area contributed by atoms with Gasteiger partial charge in [-0.2, -0.15) is 0 Å². The summed E-state index contributed by atoms with van der Waals surface area (Å²) in [6.07, 6.45) is -0.438. The molecule has 0 amide bonds. The molecule has 16 heavy (non-hydrogen) atoms. The summed E-state index contributed by atoms with van der Waals surface area (Å²) in [4.78, 5) is 0. The number of rotatable bonds is 3. The van der Waals surface area contributed by atoms with Crippen LogP contribution in [0.3, 0.4) is 0 Å². The summed E-state index contributed by atoms with van der Waals surface area (Å²) >= 11 is 0. The number of para-hydroxylation sites is 1. The lowest BCUT2D eigenvalue weighted by molar-refractivity contribution is 0.146. The zero-order valence-corrected chi connectivity index (χ0v) is 9.17. The Morgan fingerprint density at radius 1 is 1.44 bits per heavy atom. The van der Waals surface area contributed by atoms with E-state index in [1.54, 1.807) is 6.07 Å². The van der Waals surface area contributed by atoms with Crippen molar-refractivity contribution in [1.29, 1.82) is 0 Å². The van der Waals surface area contributed by atoms with Crippen molar-refractivity contribution < 1.29 is 13.5 Å². The van der Waals surface area contributed by atoms with Crippen molar-refractivity contribution >= 4 is 0 Å². The summed E-state index contributed by atoms with van der Waals surface area (Å²) in [6.45, 7) is 0.937. The minimum Gasteiger partial charge on any atom is -0.496 e. The third-order valence-electron chi connectivity index (χ3n) is 2.95. The molecule has 1 N–H and O–H groups in total. The summed E-state index contributed by atoms with van der Waals surface area (Å²) in [5.74, 6) is 0.330. The lowest BCUT2D eigenvalue weighted by atomic mass is 10.0. The maximum atomic E-state index is 12.8. The monoisotopic (exact) mass is 227 g/mol. The molecule has 2 nitrogen and oxygen atoms in total. The molecule has 0 saturated carbocycles. The van der Waals surface area contributed by atoms with Crippen molar-refractivity contribution in [2.45, 2.75) is 25.3 Å². The van der Waals surface area contributed by atoms with Crippen LogP contribution in [-0.4, -0.2) is 13.7 Å². The number of benzene rings is 1. The number of halogens is 2. The summed E-state index contributed by atoms with van der Waals surface area (Å²) in [6, 6.07) is 5.09. The zero-order chi connectivity index (χ0) is 11.5. The molecule has 88 valence electrons. The maximum absolute atomic E-state index is 12.8. The lowest BCUT2D eigenvalue weighted by Crippen LogP contribution is -2.14. The third-order valence-corrected chi connectivity index (χ3v) is 2.95. The van der Waals surface area contributed by atoms with Crippen molar-refractivity contribution in [1.82, 2.24) is 5.32 Å². The standard InChI is InChI=1S/C12H15F2NO/c1-16-11-8(10-6-3-7-15-10)4-2-5-9(11)12(13)14/h2,4-5,10,12,15H,3,6-7H2,1H3. The number of hydrogen-bond donors (Lipinski definition) is 1. The second-order valence-electron chi connectivity index (χ2n) is 3.92. The van der Waals surface area contributed by atoms with Gasteiger partial charge < -0.3 is 10.1 Å². The van der Waals surface area contributed by atoms with Gasteiger partial charge in [-0.05, 0) is 25.5 Å². The van der Waals surface area contributed by atoms with Crippen LogP contribution in [0.25, 0.3) is 0 Å². The van der Waals surface area contributed by atoms with E-state index in [-0.39, 0.29) is 11.6 Å². The Morgan fingerprint density at radius 3 is 2.81 bits per heavy atom. The van der Waals surface area contributed by atoms with Gasteiger partial charge in [-0.15, -0.1) is 0 Å². The fourth-order valence-electron chi connectivity index (χ4n) is 2.21. The largest absolute Gasteiger partial charge is 0.496 e. The smallest absolute Gasteiger partial charge is 0.267 e. The van der Waals surface area contributed by atoms with Gasteiger partial charge in [-0.25, -0.2) is 8.78 Å². The molecule has 0 aromatic heterocycles. The molecule has 1 saturated heterocycles. The van der Waals surface area contributed by atoms with Crippen molar-refractivity contribution in [3.8, 4) is 5.75 Å². The minimum atomic E-state index is -2.49. The van der Waals surface area contributed by atoms with Gasteiger partial charge in [-0.1, -0.05) is 12.1 Å². The fraction of sp³-hybridized carbons (Fsp3) is 0.500. The normalized spacial score (nSPS) is 20.4. The lowest BCUT2D eigenvalue weighted by Gasteiger charge is -2.17. The van der Waals surface area contributed by atoms with E-state index in [1.165, 1.54) is 13.2 Å². The highest BCUT2D eigenvalue weighted by molar-refractivity contribution is 5.44. The SMILES string of the molecule is COc1c(C(F)F)cccc1C1CCCN1. The van der Waals surface area contributed by atoms with E-state index < -0.39 is 6.43 Å². The molecular formula is C12H15F2NO. The van der Waals surface area contributed by atoms with E-state index in [9.17, 15) is 8.78 Å². The molecule has 1 unspecified atom stereocenters. The first-order valence-electron chi connectivity index (χ1n) is 5.42. The number of nitrogens with one attached hydrogen (secondary N) is 1. The van der Waals surface area contributed by atoms with E-state index in [0.29, 0.717) is 5.75 Å².